The number of hydrogen-bond acceptors (Lipinski definition) is 4. The molecule has 3 N–H and O–H groups in total. The highest BCUT2D eigenvalue weighted by molar-refractivity contribution is 5.96. The molecule has 1 aliphatic heterocycles. The van der Waals surface area contributed by atoms with E-state index in [2.05, 4.69) is 4.90 Å². The van der Waals surface area contributed by atoms with Crippen molar-refractivity contribution in [2.75, 3.05) is 39.3 Å². The van der Waals surface area contributed by atoms with Gasteiger partial charge in [-0.15, -0.1) is 0 Å². The number of rotatable bonds is 4. The van der Waals surface area contributed by atoms with Gasteiger partial charge in [-0.3, -0.25) is 9.69 Å². The van der Waals surface area contributed by atoms with Crippen molar-refractivity contribution in [2.45, 2.75) is 6.42 Å². The summed E-state index contributed by atoms with van der Waals surface area (Å²) in [6.45, 7) is 4.44. The topological polar surface area (TPSA) is 69.8 Å². The minimum atomic E-state index is -0.550. The van der Waals surface area contributed by atoms with Gasteiger partial charge < -0.3 is 15.7 Å². The van der Waals surface area contributed by atoms with Gasteiger partial charge in [-0.25, -0.2) is 4.39 Å². The Hall–Kier alpha value is -1.66. The molecule has 1 aromatic carbocycles. The van der Waals surface area contributed by atoms with Gasteiger partial charge in [-0.05, 0) is 31.6 Å². The van der Waals surface area contributed by atoms with E-state index >= 15 is 0 Å². The number of amides is 1. The Morgan fingerprint density at radius 1 is 1.30 bits per heavy atom. The summed E-state index contributed by atoms with van der Waals surface area (Å²) in [5.41, 5.74) is 5.63. The first-order chi connectivity index (χ1) is 9.61. The summed E-state index contributed by atoms with van der Waals surface area (Å²) in [6.07, 6.45) is 0.951. The largest absolute Gasteiger partial charge is 0.507 e. The van der Waals surface area contributed by atoms with Crippen LogP contribution in [0.25, 0.3) is 0 Å². The normalized spacial score (nSPS) is 16.4. The molecule has 0 saturated carbocycles. The number of piperazine rings is 1. The second-order valence-electron chi connectivity index (χ2n) is 4.94. The molecule has 1 heterocycles. The summed E-state index contributed by atoms with van der Waals surface area (Å²) in [5.74, 6) is -1.10. The van der Waals surface area contributed by atoms with Crippen LogP contribution in [0.5, 0.6) is 5.75 Å². The summed E-state index contributed by atoms with van der Waals surface area (Å²) in [4.78, 5) is 16.2. The predicted octanol–water partition coefficient (Wildman–Crippen LogP) is 0.638. The Morgan fingerprint density at radius 3 is 2.60 bits per heavy atom. The molecule has 20 heavy (non-hydrogen) atoms. The highest BCUT2D eigenvalue weighted by atomic mass is 19.1. The van der Waals surface area contributed by atoms with Gasteiger partial charge in [0, 0.05) is 32.2 Å². The molecule has 0 radical (unpaired) electrons. The monoisotopic (exact) mass is 281 g/mol. The van der Waals surface area contributed by atoms with E-state index in [1.807, 2.05) is 0 Å². The molecule has 1 aromatic rings. The maximum atomic E-state index is 12.9. The third kappa shape index (κ3) is 3.46. The first-order valence-electron chi connectivity index (χ1n) is 6.82. The first-order valence-corrected chi connectivity index (χ1v) is 6.82. The Balaban J connectivity index is 1.94. The number of phenols is 1. The summed E-state index contributed by atoms with van der Waals surface area (Å²) in [7, 11) is 0. The number of carbonyl (C=O) groups excluding carboxylic acids is 1. The molecule has 0 aliphatic carbocycles. The number of nitrogens with zero attached hydrogens (tertiary/aromatic N) is 2. The molecular weight excluding hydrogens is 261 g/mol. The van der Waals surface area contributed by atoms with Crippen LogP contribution in [-0.4, -0.2) is 60.1 Å². The number of benzene rings is 1. The molecule has 1 saturated heterocycles. The predicted molar refractivity (Wildman–Crippen MR) is 74.1 cm³/mol. The lowest BCUT2D eigenvalue weighted by Gasteiger charge is -2.34. The average molecular weight is 281 g/mol. The zero-order chi connectivity index (χ0) is 14.5. The van der Waals surface area contributed by atoms with Crippen LogP contribution in [0.3, 0.4) is 0 Å². The molecule has 0 aromatic heterocycles. The number of phenolic OH excluding ortho intramolecular Hbond substituents is 1. The Labute approximate surface area is 117 Å². The Bertz CT molecular complexity index is 473. The summed E-state index contributed by atoms with van der Waals surface area (Å²) < 4.78 is 12.9. The first kappa shape index (κ1) is 14.7. The fraction of sp³-hybridized carbons (Fsp3) is 0.500. The molecule has 6 heteroatoms. The lowest BCUT2D eigenvalue weighted by molar-refractivity contribution is 0.0633. The zero-order valence-corrected chi connectivity index (χ0v) is 11.4. The minimum absolute atomic E-state index is 0.154. The van der Waals surface area contributed by atoms with Crippen molar-refractivity contribution in [3.05, 3.63) is 29.6 Å². The van der Waals surface area contributed by atoms with Crippen molar-refractivity contribution in [1.29, 1.82) is 0 Å². The standard InChI is InChI=1S/C14H20FN3O2/c15-11-2-3-12(13(19)10-11)14(20)18-8-6-17(7-9-18)5-1-4-16/h2-3,10,19H,1,4-9,16H2. The third-order valence-electron chi connectivity index (χ3n) is 3.53. The smallest absolute Gasteiger partial charge is 0.257 e. The van der Waals surface area contributed by atoms with Gasteiger partial charge in [-0.1, -0.05) is 0 Å². The van der Waals surface area contributed by atoms with Crippen LogP contribution in [0.4, 0.5) is 4.39 Å². The van der Waals surface area contributed by atoms with Crippen LogP contribution >= 0.6 is 0 Å². The molecule has 1 aliphatic rings. The van der Waals surface area contributed by atoms with Crippen LogP contribution in [0.15, 0.2) is 18.2 Å². The van der Waals surface area contributed by atoms with Gasteiger partial charge in [-0.2, -0.15) is 0 Å². The molecule has 2 rings (SSSR count). The van der Waals surface area contributed by atoms with Crippen molar-refractivity contribution < 1.29 is 14.3 Å². The van der Waals surface area contributed by atoms with Crippen molar-refractivity contribution >= 4 is 5.91 Å². The van der Waals surface area contributed by atoms with Crippen LogP contribution < -0.4 is 5.73 Å². The van der Waals surface area contributed by atoms with E-state index in [4.69, 9.17) is 5.73 Å². The van der Waals surface area contributed by atoms with E-state index < -0.39 is 5.82 Å². The maximum Gasteiger partial charge on any atom is 0.257 e. The van der Waals surface area contributed by atoms with E-state index in [-0.39, 0.29) is 17.2 Å². The molecule has 0 unspecified atom stereocenters. The van der Waals surface area contributed by atoms with Gasteiger partial charge in [0.15, 0.2) is 0 Å². The number of halogens is 1. The second-order valence-corrected chi connectivity index (χ2v) is 4.94. The molecule has 110 valence electrons. The Kier molecular flexibility index (Phi) is 4.92. The zero-order valence-electron chi connectivity index (χ0n) is 11.4. The number of carbonyl (C=O) groups is 1. The van der Waals surface area contributed by atoms with E-state index in [1.165, 1.54) is 12.1 Å². The molecular formula is C14H20FN3O2. The molecule has 1 fully saturated rings. The minimum Gasteiger partial charge on any atom is -0.507 e. The second kappa shape index (κ2) is 6.67. The van der Waals surface area contributed by atoms with E-state index in [9.17, 15) is 14.3 Å². The fourth-order valence-corrected chi connectivity index (χ4v) is 2.35. The molecule has 0 bridgehead atoms. The maximum absolute atomic E-state index is 12.9. The molecule has 0 spiro atoms. The lowest BCUT2D eigenvalue weighted by Crippen LogP contribution is -2.49. The lowest BCUT2D eigenvalue weighted by atomic mass is 10.1. The summed E-state index contributed by atoms with van der Waals surface area (Å²) >= 11 is 0. The SMILES string of the molecule is NCCCN1CCN(C(=O)c2ccc(F)cc2O)CC1. The molecule has 0 atom stereocenters. The number of nitrogens with two attached hydrogens (primary N) is 1. The molecule has 5 nitrogen and oxygen atoms in total. The van der Waals surface area contributed by atoms with Gasteiger partial charge in [0.1, 0.15) is 11.6 Å². The van der Waals surface area contributed by atoms with Gasteiger partial charge >= 0.3 is 0 Å². The third-order valence-corrected chi connectivity index (χ3v) is 3.53. The Morgan fingerprint density at radius 2 is 2.00 bits per heavy atom. The highest BCUT2D eigenvalue weighted by Crippen LogP contribution is 2.20. The highest BCUT2D eigenvalue weighted by Gasteiger charge is 2.23. The van der Waals surface area contributed by atoms with Crippen LogP contribution in [-0.2, 0) is 0 Å². The van der Waals surface area contributed by atoms with Crippen molar-refractivity contribution in [3.8, 4) is 5.75 Å². The molecule has 1 amide bonds. The van der Waals surface area contributed by atoms with E-state index in [1.54, 1.807) is 4.90 Å². The van der Waals surface area contributed by atoms with Crippen molar-refractivity contribution in [2.24, 2.45) is 5.73 Å². The van der Waals surface area contributed by atoms with Crippen LogP contribution in [0.1, 0.15) is 16.8 Å². The number of aromatic hydroxyl groups is 1. The number of hydrogen-bond donors (Lipinski definition) is 2. The van der Waals surface area contributed by atoms with Crippen molar-refractivity contribution in [3.63, 3.8) is 0 Å². The van der Waals surface area contributed by atoms with Gasteiger partial charge in [0.05, 0.1) is 5.56 Å². The summed E-state index contributed by atoms with van der Waals surface area (Å²) in [6, 6.07) is 3.48. The van der Waals surface area contributed by atoms with Crippen molar-refractivity contribution in [1.82, 2.24) is 9.80 Å². The quantitative estimate of drug-likeness (QED) is 0.849. The van der Waals surface area contributed by atoms with Gasteiger partial charge in [0.2, 0.25) is 0 Å². The van der Waals surface area contributed by atoms with Crippen LogP contribution in [0, 0.1) is 5.82 Å². The van der Waals surface area contributed by atoms with E-state index in [0.717, 1.165) is 32.1 Å². The van der Waals surface area contributed by atoms with Crippen LogP contribution in [0.2, 0.25) is 0 Å². The average Bonchev–Trinajstić information content (AvgIpc) is 2.45. The fourth-order valence-electron chi connectivity index (χ4n) is 2.35. The van der Waals surface area contributed by atoms with Gasteiger partial charge in [0.25, 0.3) is 5.91 Å². The van der Waals surface area contributed by atoms with E-state index in [0.29, 0.717) is 19.6 Å². The summed E-state index contributed by atoms with van der Waals surface area (Å²) in [5, 5.41) is 9.65.